The third-order valence-corrected chi connectivity index (χ3v) is 5.98. The molecule has 0 saturated heterocycles. The molecule has 30 heavy (non-hydrogen) atoms. The van der Waals surface area contributed by atoms with Crippen molar-refractivity contribution in [2.45, 2.75) is 11.8 Å². The predicted octanol–water partition coefficient (Wildman–Crippen LogP) is 4.03. The van der Waals surface area contributed by atoms with Crippen molar-refractivity contribution in [3.63, 3.8) is 0 Å². The van der Waals surface area contributed by atoms with Gasteiger partial charge in [0.1, 0.15) is 5.75 Å². The lowest BCUT2D eigenvalue weighted by atomic mass is 10.2. The summed E-state index contributed by atoms with van der Waals surface area (Å²) in [4.78, 5) is 12.4. The van der Waals surface area contributed by atoms with E-state index in [0.29, 0.717) is 15.7 Å². The van der Waals surface area contributed by atoms with Crippen LogP contribution >= 0.6 is 15.9 Å². The van der Waals surface area contributed by atoms with Crippen LogP contribution in [0.4, 0.5) is 5.69 Å². The number of nitrogens with zero attached hydrogens (tertiary/aromatic N) is 1. The van der Waals surface area contributed by atoms with Gasteiger partial charge in [-0.1, -0.05) is 51.8 Å². The molecule has 0 unspecified atom stereocenters. The number of hydrogen-bond acceptors (Lipinski definition) is 5. The number of nitrogens with one attached hydrogen (secondary N) is 2. The van der Waals surface area contributed by atoms with E-state index in [1.807, 2.05) is 6.92 Å². The highest BCUT2D eigenvalue weighted by Crippen LogP contribution is 2.22. The molecular weight excluding hydrogens is 470 g/mol. The highest BCUT2D eigenvalue weighted by atomic mass is 79.9. The maximum Gasteiger partial charge on any atom is 0.275 e. The summed E-state index contributed by atoms with van der Waals surface area (Å²) in [5.74, 6) is -0.792. The van der Waals surface area contributed by atoms with Crippen LogP contribution in [-0.4, -0.2) is 25.6 Å². The summed E-state index contributed by atoms with van der Waals surface area (Å²) in [5, 5.41) is 13.7. The minimum Gasteiger partial charge on any atom is -0.507 e. The number of phenolic OH excluding ortho intramolecular Hbond substituents is 1. The van der Waals surface area contributed by atoms with Crippen LogP contribution in [0.15, 0.2) is 81.2 Å². The van der Waals surface area contributed by atoms with E-state index in [4.69, 9.17) is 0 Å². The van der Waals surface area contributed by atoms with E-state index < -0.39 is 15.9 Å². The molecule has 0 aromatic heterocycles. The second-order valence-electron chi connectivity index (χ2n) is 6.37. The average molecular weight is 488 g/mol. The Hall–Kier alpha value is -3.17. The first-order chi connectivity index (χ1) is 14.3. The molecule has 7 nitrogen and oxygen atoms in total. The minimum absolute atomic E-state index is 0.0508. The van der Waals surface area contributed by atoms with Crippen molar-refractivity contribution in [3.05, 3.63) is 87.9 Å². The zero-order valence-electron chi connectivity index (χ0n) is 15.8. The second-order valence-corrected chi connectivity index (χ2v) is 8.96. The Bertz CT molecular complexity index is 1210. The van der Waals surface area contributed by atoms with Gasteiger partial charge in [-0.05, 0) is 43.3 Å². The Balaban J connectivity index is 1.77. The number of carbonyl (C=O) groups excluding carboxylic acids is 1. The van der Waals surface area contributed by atoms with Crippen LogP contribution in [0.5, 0.6) is 5.75 Å². The molecule has 0 fully saturated rings. The van der Waals surface area contributed by atoms with Gasteiger partial charge in [-0.15, -0.1) is 0 Å². The fourth-order valence-corrected chi connectivity index (χ4v) is 3.98. The maximum atomic E-state index is 12.6. The first-order valence-corrected chi connectivity index (χ1v) is 11.0. The Morgan fingerprint density at radius 1 is 1.07 bits per heavy atom. The minimum atomic E-state index is -3.78. The summed E-state index contributed by atoms with van der Waals surface area (Å²) in [7, 11) is -3.78. The summed E-state index contributed by atoms with van der Waals surface area (Å²) in [6.07, 6.45) is 1.32. The molecular formula is C21H18BrN3O4S. The number of aromatic hydroxyl groups is 1. The van der Waals surface area contributed by atoms with Gasteiger partial charge in [0.05, 0.1) is 22.4 Å². The molecule has 154 valence electrons. The van der Waals surface area contributed by atoms with Crippen LogP contribution in [0.3, 0.4) is 0 Å². The van der Waals surface area contributed by atoms with Gasteiger partial charge in [0, 0.05) is 10.0 Å². The largest absolute Gasteiger partial charge is 0.507 e. The van der Waals surface area contributed by atoms with Crippen molar-refractivity contribution in [2.24, 2.45) is 5.10 Å². The number of para-hydroxylation sites is 1. The van der Waals surface area contributed by atoms with Crippen molar-refractivity contribution in [1.29, 1.82) is 0 Å². The van der Waals surface area contributed by atoms with Gasteiger partial charge in [-0.25, -0.2) is 13.8 Å². The molecule has 0 spiro atoms. The Kier molecular flexibility index (Phi) is 6.53. The lowest BCUT2D eigenvalue weighted by Crippen LogP contribution is -2.18. The van der Waals surface area contributed by atoms with E-state index in [0.717, 1.165) is 5.56 Å². The maximum absolute atomic E-state index is 12.6. The molecule has 3 N–H and O–H groups in total. The molecule has 0 radical (unpaired) electrons. The fraction of sp³-hybridized carbons (Fsp3) is 0.0476. The van der Waals surface area contributed by atoms with E-state index in [1.165, 1.54) is 30.5 Å². The molecule has 1 amide bonds. The number of halogens is 1. The zero-order chi connectivity index (χ0) is 21.7. The molecule has 0 heterocycles. The number of benzene rings is 3. The summed E-state index contributed by atoms with van der Waals surface area (Å²) in [6, 6.07) is 17.6. The van der Waals surface area contributed by atoms with Gasteiger partial charge in [0.25, 0.3) is 15.9 Å². The second kappa shape index (κ2) is 9.10. The number of phenols is 1. The van der Waals surface area contributed by atoms with E-state index in [-0.39, 0.29) is 16.2 Å². The van der Waals surface area contributed by atoms with Crippen molar-refractivity contribution in [3.8, 4) is 5.75 Å². The Labute approximate surface area is 182 Å². The summed E-state index contributed by atoms with van der Waals surface area (Å²) < 4.78 is 28.4. The number of hydrazone groups is 1. The highest BCUT2D eigenvalue weighted by Gasteiger charge is 2.15. The van der Waals surface area contributed by atoms with Gasteiger partial charge in [0.15, 0.2) is 0 Å². The van der Waals surface area contributed by atoms with E-state index in [2.05, 4.69) is 31.2 Å². The lowest BCUT2D eigenvalue weighted by Gasteiger charge is -2.10. The van der Waals surface area contributed by atoms with Crippen molar-refractivity contribution in [2.75, 3.05) is 4.72 Å². The number of sulfonamides is 1. The van der Waals surface area contributed by atoms with Crippen molar-refractivity contribution >= 4 is 43.8 Å². The first-order valence-electron chi connectivity index (χ1n) is 8.77. The van der Waals surface area contributed by atoms with Crippen LogP contribution in [0, 0.1) is 6.92 Å². The Morgan fingerprint density at radius 3 is 2.50 bits per heavy atom. The van der Waals surface area contributed by atoms with Gasteiger partial charge >= 0.3 is 0 Å². The van der Waals surface area contributed by atoms with E-state index in [1.54, 1.807) is 42.5 Å². The number of carbonyl (C=O) groups is 1. The number of hydrogen-bond donors (Lipinski definition) is 3. The van der Waals surface area contributed by atoms with Crippen molar-refractivity contribution < 1.29 is 18.3 Å². The molecule has 0 bridgehead atoms. The number of amides is 1. The monoisotopic (exact) mass is 487 g/mol. The molecule has 0 aliphatic rings. The first kappa shape index (κ1) is 21.5. The van der Waals surface area contributed by atoms with Crippen LogP contribution < -0.4 is 10.1 Å². The molecule has 3 rings (SSSR count). The standard InChI is InChI=1S/C21H18BrN3O4S/c1-14-6-9-17(10-7-14)30(28,29)25-19-5-3-2-4-15(19)13-23-24-21(27)18-12-16(22)8-11-20(18)26/h2-13,25-26H,1H3,(H,24,27). The number of anilines is 1. The zero-order valence-corrected chi connectivity index (χ0v) is 18.2. The molecule has 3 aromatic carbocycles. The number of aryl methyl sites for hydroxylation is 1. The smallest absolute Gasteiger partial charge is 0.275 e. The summed E-state index contributed by atoms with van der Waals surface area (Å²) in [6.45, 7) is 1.87. The summed E-state index contributed by atoms with van der Waals surface area (Å²) >= 11 is 3.24. The summed E-state index contributed by atoms with van der Waals surface area (Å²) in [5.41, 5.74) is 4.08. The molecule has 0 aliphatic carbocycles. The predicted molar refractivity (Wildman–Crippen MR) is 119 cm³/mol. The molecule has 0 atom stereocenters. The lowest BCUT2D eigenvalue weighted by molar-refractivity contribution is 0.0952. The normalized spacial score (nSPS) is 11.4. The van der Waals surface area contributed by atoms with E-state index >= 15 is 0 Å². The third-order valence-electron chi connectivity index (χ3n) is 4.11. The molecule has 0 aliphatic heterocycles. The molecule has 9 heteroatoms. The van der Waals surface area contributed by atoms with Crippen LogP contribution in [0.25, 0.3) is 0 Å². The quantitative estimate of drug-likeness (QED) is 0.360. The fourth-order valence-electron chi connectivity index (χ4n) is 2.53. The van der Waals surface area contributed by atoms with Crippen LogP contribution in [-0.2, 0) is 10.0 Å². The average Bonchev–Trinajstić information content (AvgIpc) is 2.71. The Morgan fingerprint density at radius 2 is 1.77 bits per heavy atom. The van der Waals surface area contributed by atoms with Crippen LogP contribution in [0.1, 0.15) is 21.5 Å². The topological polar surface area (TPSA) is 108 Å². The molecule has 0 saturated carbocycles. The van der Waals surface area contributed by atoms with E-state index in [9.17, 15) is 18.3 Å². The highest BCUT2D eigenvalue weighted by molar-refractivity contribution is 9.10. The molecule has 3 aromatic rings. The van der Waals surface area contributed by atoms with Crippen molar-refractivity contribution in [1.82, 2.24) is 5.43 Å². The SMILES string of the molecule is Cc1ccc(S(=O)(=O)Nc2ccccc2C=NNC(=O)c2cc(Br)ccc2O)cc1. The van der Waals surface area contributed by atoms with Gasteiger partial charge in [-0.3, -0.25) is 9.52 Å². The third kappa shape index (κ3) is 5.25. The van der Waals surface area contributed by atoms with Gasteiger partial charge < -0.3 is 5.11 Å². The van der Waals surface area contributed by atoms with Gasteiger partial charge in [0.2, 0.25) is 0 Å². The van der Waals surface area contributed by atoms with Crippen LogP contribution in [0.2, 0.25) is 0 Å². The number of rotatable bonds is 6. The van der Waals surface area contributed by atoms with Gasteiger partial charge in [-0.2, -0.15) is 5.10 Å².